The summed E-state index contributed by atoms with van der Waals surface area (Å²) < 4.78 is 0.763. The molecule has 132 valence electrons. The van der Waals surface area contributed by atoms with Gasteiger partial charge < -0.3 is 0 Å². The van der Waals surface area contributed by atoms with Crippen LogP contribution in [0.15, 0.2) is 36.4 Å². The Morgan fingerprint density at radius 1 is 1.16 bits per heavy atom. The van der Waals surface area contributed by atoms with E-state index < -0.39 is 0 Å². The molecule has 25 heavy (non-hydrogen) atoms. The van der Waals surface area contributed by atoms with Gasteiger partial charge >= 0.3 is 0 Å². The minimum Gasteiger partial charge on any atom is -0.297 e. The fraction of sp³-hybridized carbons (Fsp3) is 0.524. The van der Waals surface area contributed by atoms with Gasteiger partial charge in [0.25, 0.3) is 0 Å². The van der Waals surface area contributed by atoms with Crippen LogP contribution in [0.3, 0.4) is 0 Å². The van der Waals surface area contributed by atoms with E-state index in [1.165, 1.54) is 11.1 Å². The van der Waals surface area contributed by atoms with Crippen molar-refractivity contribution >= 4 is 34.2 Å². The quantitative estimate of drug-likeness (QED) is 0.553. The predicted octanol–water partition coefficient (Wildman–Crippen LogP) is 4.75. The molecule has 0 spiro atoms. The lowest BCUT2D eigenvalue weighted by molar-refractivity contribution is -0.132. The lowest BCUT2D eigenvalue weighted by atomic mass is 9.76. The fourth-order valence-electron chi connectivity index (χ4n) is 4.59. The third-order valence-electron chi connectivity index (χ3n) is 5.93. The summed E-state index contributed by atoms with van der Waals surface area (Å²) in [5, 5.41) is 0. The third-order valence-corrected chi connectivity index (χ3v) is 7.36. The highest BCUT2D eigenvalue weighted by Crippen LogP contribution is 2.54. The molecule has 1 saturated heterocycles. The van der Waals surface area contributed by atoms with Gasteiger partial charge in [-0.05, 0) is 34.8 Å². The van der Waals surface area contributed by atoms with Gasteiger partial charge in [0.15, 0.2) is 0 Å². The van der Waals surface area contributed by atoms with Gasteiger partial charge in [0.2, 0.25) is 5.91 Å². The van der Waals surface area contributed by atoms with Gasteiger partial charge in [-0.15, -0.1) is 0 Å². The second-order valence-electron chi connectivity index (χ2n) is 8.48. The van der Waals surface area contributed by atoms with Gasteiger partial charge in [0.1, 0.15) is 4.32 Å². The Morgan fingerprint density at radius 2 is 1.84 bits per heavy atom. The molecule has 1 aliphatic heterocycles. The zero-order chi connectivity index (χ0) is 17.8. The first-order valence-electron chi connectivity index (χ1n) is 9.13. The number of fused-ring (bicyclic) bond motifs is 2. The van der Waals surface area contributed by atoms with Crippen molar-refractivity contribution in [3.63, 3.8) is 0 Å². The van der Waals surface area contributed by atoms with Crippen molar-refractivity contribution in [1.29, 1.82) is 0 Å². The molecule has 4 atom stereocenters. The first-order valence-corrected chi connectivity index (χ1v) is 10.5. The summed E-state index contributed by atoms with van der Waals surface area (Å²) in [4.78, 5) is 15.1. The van der Waals surface area contributed by atoms with Crippen LogP contribution in [0.25, 0.3) is 0 Å². The van der Waals surface area contributed by atoms with E-state index in [1.54, 1.807) is 11.8 Å². The molecule has 3 aliphatic rings. The zero-order valence-electron chi connectivity index (χ0n) is 15.1. The number of thioether (sulfide) groups is 1. The molecule has 0 aromatic heterocycles. The largest absolute Gasteiger partial charge is 0.297 e. The van der Waals surface area contributed by atoms with Crippen LogP contribution in [0.5, 0.6) is 0 Å². The standard InChI is InChI=1S/C21H25NOS2/c1-21(2,3)16-8-6-13(7-9-16)17-14-4-5-15(12-14)18(17)19(23)22-10-11-25-20(22)24/h4-9,14-15,17-18H,10-12H2,1-3H3/t14-,15+,17+,18+/m1/s1. The summed E-state index contributed by atoms with van der Waals surface area (Å²) in [5.41, 5.74) is 2.80. The Morgan fingerprint density at radius 3 is 2.44 bits per heavy atom. The van der Waals surface area contributed by atoms with E-state index in [0.29, 0.717) is 17.8 Å². The van der Waals surface area contributed by atoms with Crippen molar-refractivity contribution in [3.05, 3.63) is 47.5 Å². The third kappa shape index (κ3) is 2.97. The number of allylic oxidation sites excluding steroid dienone is 2. The highest BCUT2D eigenvalue weighted by Gasteiger charge is 2.50. The molecule has 2 bridgehead atoms. The number of thiocarbonyl (C=S) groups is 1. The Balaban J connectivity index is 1.64. The molecule has 4 heteroatoms. The van der Waals surface area contributed by atoms with E-state index in [0.717, 1.165) is 23.0 Å². The van der Waals surface area contributed by atoms with Crippen LogP contribution in [0.4, 0.5) is 0 Å². The molecule has 1 amide bonds. The number of amides is 1. The zero-order valence-corrected chi connectivity index (χ0v) is 16.7. The molecule has 4 rings (SSSR count). The molecule has 2 aliphatic carbocycles. The maximum Gasteiger partial charge on any atom is 0.232 e. The number of rotatable bonds is 2. The molecule has 0 radical (unpaired) electrons. The van der Waals surface area contributed by atoms with E-state index in [-0.39, 0.29) is 17.2 Å². The Bertz CT molecular complexity index is 731. The lowest BCUT2D eigenvalue weighted by Gasteiger charge is -2.31. The minimum absolute atomic E-state index is 0.0483. The van der Waals surface area contributed by atoms with E-state index in [4.69, 9.17) is 12.2 Å². The van der Waals surface area contributed by atoms with Crippen LogP contribution in [0.2, 0.25) is 0 Å². The predicted molar refractivity (Wildman–Crippen MR) is 109 cm³/mol. The smallest absolute Gasteiger partial charge is 0.232 e. The number of nitrogens with zero attached hydrogens (tertiary/aromatic N) is 1. The van der Waals surface area contributed by atoms with Gasteiger partial charge in [0, 0.05) is 18.2 Å². The van der Waals surface area contributed by atoms with Crippen molar-refractivity contribution in [2.75, 3.05) is 12.3 Å². The van der Waals surface area contributed by atoms with Crippen LogP contribution < -0.4 is 0 Å². The average molecular weight is 372 g/mol. The second kappa shape index (κ2) is 6.24. The maximum absolute atomic E-state index is 13.2. The number of hydrogen-bond donors (Lipinski definition) is 0. The first-order chi connectivity index (χ1) is 11.9. The molecule has 1 aromatic rings. The Kier molecular flexibility index (Phi) is 4.32. The van der Waals surface area contributed by atoms with Gasteiger partial charge in [-0.3, -0.25) is 9.69 Å². The topological polar surface area (TPSA) is 20.3 Å². The Labute approximate surface area is 160 Å². The van der Waals surface area contributed by atoms with Crippen molar-refractivity contribution in [1.82, 2.24) is 4.90 Å². The Hall–Kier alpha value is -1.13. The lowest BCUT2D eigenvalue weighted by Crippen LogP contribution is -2.40. The number of benzene rings is 1. The fourth-order valence-corrected chi connectivity index (χ4v) is 5.81. The summed E-state index contributed by atoms with van der Waals surface area (Å²) in [6, 6.07) is 8.97. The second-order valence-corrected chi connectivity index (χ2v) is 10.2. The number of hydrogen-bond acceptors (Lipinski definition) is 3. The summed E-state index contributed by atoms with van der Waals surface area (Å²) in [6.07, 6.45) is 5.70. The summed E-state index contributed by atoms with van der Waals surface area (Å²) in [5.74, 6) is 2.39. The van der Waals surface area contributed by atoms with Crippen molar-refractivity contribution in [3.8, 4) is 0 Å². The highest BCUT2D eigenvalue weighted by atomic mass is 32.2. The highest BCUT2D eigenvalue weighted by molar-refractivity contribution is 8.23. The molecular weight excluding hydrogens is 346 g/mol. The van der Waals surface area contributed by atoms with Gasteiger partial charge in [-0.25, -0.2) is 0 Å². The summed E-state index contributed by atoms with van der Waals surface area (Å²) in [7, 11) is 0. The van der Waals surface area contributed by atoms with Crippen LogP contribution in [0.1, 0.15) is 44.2 Å². The normalized spacial score (nSPS) is 31.2. The van der Waals surface area contributed by atoms with Crippen LogP contribution >= 0.6 is 24.0 Å². The van der Waals surface area contributed by atoms with Gasteiger partial charge in [-0.1, -0.05) is 81.2 Å². The SMILES string of the molecule is CC(C)(C)c1ccc([C@@H]2[C@@H](C(=O)N3CCSC3=S)[C@H]3C=C[C@@H]2C3)cc1. The number of carbonyl (C=O) groups is 1. The van der Waals surface area contributed by atoms with E-state index in [2.05, 4.69) is 57.2 Å². The molecule has 1 saturated carbocycles. The molecule has 2 nitrogen and oxygen atoms in total. The summed E-state index contributed by atoms with van der Waals surface area (Å²) in [6.45, 7) is 7.48. The van der Waals surface area contributed by atoms with Crippen LogP contribution in [-0.2, 0) is 10.2 Å². The van der Waals surface area contributed by atoms with Crippen molar-refractivity contribution in [2.45, 2.75) is 38.5 Å². The van der Waals surface area contributed by atoms with E-state index in [1.807, 2.05) is 4.90 Å². The average Bonchev–Trinajstić information content (AvgIpc) is 3.28. The summed E-state index contributed by atoms with van der Waals surface area (Å²) >= 11 is 7.03. The minimum atomic E-state index is 0.0483. The van der Waals surface area contributed by atoms with E-state index in [9.17, 15) is 4.79 Å². The molecular formula is C21H25NOS2. The van der Waals surface area contributed by atoms with Crippen molar-refractivity contribution in [2.24, 2.45) is 17.8 Å². The van der Waals surface area contributed by atoms with Gasteiger partial charge in [-0.2, -0.15) is 0 Å². The first kappa shape index (κ1) is 17.3. The molecule has 0 unspecified atom stereocenters. The molecule has 0 N–H and O–H groups in total. The maximum atomic E-state index is 13.2. The molecule has 1 aromatic carbocycles. The van der Waals surface area contributed by atoms with E-state index >= 15 is 0 Å². The molecule has 1 heterocycles. The monoisotopic (exact) mass is 371 g/mol. The van der Waals surface area contributed by atoms with Crippen LogP contribution in [0, 0.1) is 17.8 Å². The van der Waals surface area contributed by atoms with Gasteiger partial charge in [0.05, 0.1) is 5.92 Å². The van der Waals surface area contributed by atoms with Crippen molar-refractivity contribution < 1.29 is 4.79 Å². The number of carbonyl (C=O) groups excluding carboxylic acids is 1. The van der Waals surface area contributed by atoms with Crippen LogP contribution in [-0.4, -0.2) is 27.4 Å². The molecule has 2 fully saturated rings.